The van der Waals surface area contributed by atoms with Gasteiger partial charge in [-0.2, -0.15) is 0 Å². The molecule has 1 unspecified atom stereocenters. The van der Waals surface area contributed by atoms with Crippen molar-refractivity contribution in [2.24, 2.45) is 5.92 Å². The van der Waals surface area contributed by atoms with Crippen molar-refractivity contribution in [1.29, 1.82) is 0 Å². The smallest absolute Gasteiger partial charge is 0.321 e. The summed E-state index contributed by atoms with van der Waals surface area (Å²) in [5.74, 6) is -1.44. The highest BCUT2D eigenvalue weighted by Gasteiger charge is 2.31. The van der Waals surface area contributed by atoms with Gasteiger partial charge in [-0.15, -0.1) is 0 Å². The lowest BCUT2D eigenvalue weighted by atomic mass is 9.83. The molecule has 2 atom stereocenters. The summed E-state index contributed by atoms with van der Waals surface area (Å²) >= 11 is 0. The van der Waals surface area contributed by atoms with Gasteiger partial charge in [0.2, 0.25) is 0 Å². The van der Waals surface area contributed by atoms with Crippen LogP contribution < -0.4 is 10.8 Å². The molecule has 6 heteroatoms. The summed E-state index contributed by atoms with van der Waals surface area (Å²) < 4.78 is 0. The largest absolute Gasteiger partial charge is 0.480 e. The maximum absolute atomic E-state index is 11.8. The number of hydrogen-bond acceptors (Lipinski definition) is 4. The SMILES string of the molecule is O=C(/C=C/C(N[C@H](C(=O)O)C1CCCCC1)c1ccccc1)NO. The molecule has 1 fully saturated rings. The van der Waals surface area contributed by atoms with E-state index in [1.807, 2.05) is 30.3 Å². The zero-order valence-electron chi connectivity index (χ0n) is 13.5. The minimum Gasteiger partial charge on any atom is -0.480 e. The van der Waals surface area contributed by atoms with E-state index in [0.29, 0.717) is 0 Å². The van der Waals surface area contributed by atoms with Crippen molar-refractivity contribution in [3.05, 3.63) is 48.0 Å². The quantitative estimate of drug-likeness (QED) is 0.349. The van der Waals surface area contributed by atoms with E-state index in [4.69, 9.17) is 5.21 Å². The highest BCUT2D eigenvalue weighted by atomic mass is 16.5. The predicted molar refractivity (Wildman–Crippen MR) is 89.4 cm³/mol. The van der Waals surface area contributed by atoms with Crippen molar-refractivity contribution >= 4 is 11.9 Å². The summed E-state index contributed by atoms with van der Waals surface area (Å²) in [5, 5.41) is 21.4. The van der Waals surface area contributed by atoms with E-state index in [1.165, 1.54) is 6.08 Å². The molecular formula is C18H24N2O4. The number of hydrogen-bond donors (Lipinski definition) is 4. The van der Waals surface area contributed by atoms with Crippen LogP contribution in [-0.2, 0) is 9.59 Å². The Balaban J connectivity index is 2.19. The molecule has 0 radical (unpaired) electrons. The van der Waals surface area contributed by atoms with Gasteiger partial charge in [0.15, 0.2) is 0 Å². The summed E-state index contributed by atoms with van der Waals surface area (Å²) in [6.45, 7) is 0. The van der Waals surface area contributed by atoms with Gasteiger partial charge >= 0.3 is 5.97 Å². The van der Waals surface area contributed by atoms with E-state index in [9.17, 15) is 14.7 Å². The Morgan fingerprint density at radius 2 is 1.79 bits per heavy atom. The first-order valence-corrected chi connectivity index (χ1v) is 8.28. The molecule has 0 saturated heterocycles. The lowest BCUT2D eigenvalue weighted by molar-refractivity contribution is -0.141. The molecule has 1 aromatic rings. The molecule has 0 aromatic heterocycles. The van der Waals surface area contributed by atoms with Crippen LogP contribution in [0, 0.1) is 5.92 Å². The molecule has 2 rings (SSSR count). The molecular weight excluding hydrogens is 308 g/mol. The van der Waals surface area contributed by atoms with Crippen molar-refractivity contribution in [3.63, 3.8) is 0 Å². The third-order valence-corrected chi connectivity index (χ3v) is 4.46. The number of rotatable bonds is 7. The number of carboxylic acid groups (broad SMARTS) is 1. The minimum atomic E-state index is -0.872. The van der Waals surface area contributed by atoms with Crippen LogP contribution in [0.2, 0.25) is 0 Å². The first kappa shape index (κ1) is 18.2. The highest BCUT2D eigenvalue weighted by molar-refractivity contribution is 5.86. The van der Waals surface area contributed by atoms with Crippen LogP contribution in [0.15, 0.2) is 42.5 Å². The van der Waals surface area contributed by atoms with Crippen LogP contribution in [-0.4, -0.2) is 28.2 Å². The van der Waals surface area contributed by atoms with E-state index in [2.05, 4.69) is 5.32 Å². The number of aliphatic carboxylic acids is 1. The first-order valence-electron chi connectivity index (χ1n) is 8.28. The lowest BCUT2D eigenvalue weighted by Crippen LogP contribution is -2.45. The molecule has 1 aliphatic carbocycles. The Morgan fingerprint density at radius 3 is 2.38 bits per heavy atom. The standard InChI is InChI=1S/C18H24N2O4/c21-16(20-24)12-11-15(13-7-3-1-4-8-13)19-17(18(22)23)14-9-5-2-6-10-14/h1,3-4,7-8,11-12,14-15,17,19,24H,2,5-6,9-10H2,(H,20,21)(H,22,23)/b12-11+/t15?,17-/m0/s1. The monoisotopic (exact) mass is 332 g/mol. The van der Waals surface area contributed by atoms with E-state index in [0.717, 1.165) is 37.7 Å². The Hall–Kier alpha value is -2.18. The number of carbonyl (C=O) groups excluding carboxylic acids is 1. The second-order valence-corrected chi connectivity index (χ2v) is 6.10. The number of benzene rings is 1. The fraction of sp³-hybridized carbons (Fsp3) is 0.444. The van der Waals surface area contributed by atoms with Crippen LogP contribution in [0.4, 0.5) is 0 Å². The molecule has 1 aliphatic rings. The van der Waals surface area contributed by atoms with Crippen LogP contribution in [0.5, 0.6) is 0 Å². The Bertz CT molecular complexity index is 568. The van der Waals surface area contributed by atoms with E-state index in [-0.39, 0.29) is 5.92 Å². The molecule has 1 aromatic carbocycles. The van der Waals surface area contributed by atoms with E-state index in [1.54, 1.807) is 11.6 Å². The molecule has 0 heterocycles. The van der Waals surface area contributed by atoms with E-state index < -0.39 is 24.0 Å². The lowest BCUT2D eigenvalue weighted by Gasteiger charge is -2.30. The van der Waals surface area contributed by atoms with Gasteiger partial charge in [-0.25, -0.2) is 5.48 Å². The second-order valence-electron chi connectivity index (χ2n) is 6.10. The van der Waals surface area contributed by atoms with Crippen LogP contribution in [0.1, 0.15) is 43.7 Å². The average Bonchev–Trinajstić information content (AvgIpc) is 2.62. The number of carboxylic acids is 1. The van der Waals surface area contributed by atoms with E-state index >= 15 is 0 Å². The van der Waals surface area contributed by atoms with Gasteiger partial charge in [-0.3, -0.25) is 20.1 Å². The van der Waals surface area contributed by atoms with Gasteiger partial charge in [-0.05, 0) is 24.3 Å². The number of hydroxylamine groups is 1. The summed E-state index contributed by atoms with van der Waals surface area (Å²) in [6, 6.07) is 8.25. The third-order valence-electron chi connectivity index (χ3n) is 4.46. The molecule has 1 saturated carbocycles. The maximum atomic E-state index is 11.8. The normalized spacial score (nSPS) is 18.2. The van der Waals surface area contributed by atoms with Crippen molar-refractivity contribution in [1.82, 2.24) is 10.8 Å². The topological polar surface area (TPSA) is 98.7 Å². The molecule has 130 valence electrons. The first-order chi connectivity index (χ1) is 11.6. The Morgan fingerprint density at radius 1 is 1.12 bits per heavy atom. The van der Waals surface area contributed by atoms with Gasteiger partial charge in [0.05, 0.1) is 6.04 Å². The third kappa shape index (κ3) is 5.18. The van der Waals surface area contributed by atoms with Crippen molar-refractivity contribution in [2.75, 3.05) is 0 Å². The Kier molecular flexibility index (Phi) is 6.96. The summed E-state index contributed by atoms with van der Waals surface area (Å²) in [6.07, 6.45) is 7.81. The second kappa shape index (κ2) is 9.20. The zero-order chi connectivity index (χ0) is 17.4. The number of carbonyl (C=O) groups is 2. The number of nitrogens with one attached hydrogen (secondary N) is 2. The summed E-state index contributed by atoms with van der Waals surface area (Å²) in [4.78, 5) is 23.0. The summed E-state index contributed by atoms with van der Waals surface area (Å²) in [7, 11) is 0. The van der Waals surface area contributed by atoms with Gasteiger partial charge in [0.25, 0.3) is 5.91 Å². The van der Waals surface area contributed by atoms with Crippen LogP contribution in [0.3, 0.4) is 0 Å². The van der Waals surface area contributed by atoms with Crippen LogP contribution >= 0.6 is 0 Å². The van der Waals surface area contributed by atoms with Gasteiger partial charge in [0.1, 0.15) is 6.04 Å². The molecule has 0 aliphatic heterocycles. The van der Waals surface area contributed by atoms with Gasteiger partial charge in [0, 0.05) is 6.08 Å². The maximum Gasteiger partial charge on any atom is 0.321 e. The minimum absolute atomic E-state index is 0.0857. The predicted octanol–water partition coefficient (Wildman–Crippen LogP) is 2.41. The molecule has 0 spiro atoms. The average molecular weight is 332 g/mol. The molecule has 6 nitrogen and oxygen atoms in total. The molecule has 24 heavy (non-hydrogen) atoms. The summed E-state index contributed by atoms with van der Waals surface area (Å²) in [5.41, 5.74) is 2.40. The molecule has 1 amide bonds. The molecule has 4 N–H and O–H groups in total. The fourth-order valence-corrected chi connectivity index (χ4v) is 3.21. The Labute approximate surface area is 141 Å². The van der Waals surface area contributed by atoms with Crippen molar-refractivity contribution in [3.8, 4) is 0 Å². The molecule has 0 bridgehead atoms. The highest BCUT2D eigenvalue weighted by Crippen LogP contribution is 2.28. The zero-order valence-corrected chi connectivity index (χ0v) is 13.5. The fourth-order valence-electron chi connectivity index (χ4n) is 3.21. The van der Waals surface area contributed by atoms with Gasteiger partial charge < -0.3 is 5.11 Å². The van der Waals surface area contributed by atoms with Crippen LogP contribution in [0.25, 0.3) is 0 Å². The number of amides is 1. The van der Waals surface area contributed by atoms with Gasteiger partial charge in [-0.1, -0.05) is 55.7 Å². The van der Waals surface area contributed by atoms with Crippen molar-refractivity contribution < 1.29 is 19.9 Å². The van der Waals surface area contributed by atoms with Crippen molar-refractivity contribution in [2.45, 2.75) is 44.2 Å².